The molecular formula is C54H39N3O. The highest BCUT2D eigenvalue weighted by Gasteiger charge is 2.24. The summed E-state index contributed by atoms with van der Waals surface area (Å²) in [6.45, 7) is 0. The molecule has 10 rings (SSSR count). The molecule has 4 nitrogen and oxygen atoms in total. The van der Waals surface area contributed by atoms with Gasteiger partial charge in [0.25, 0.3) is 0 Å². The van der Waals surface area contributed by atoms with Crippen LogP contribution in [-0.4, -0.2) is 0 Å². The number of fused-ring (bicyclic) bond motifs is 3. The SMILES string of the molecule is c1ccc(N(c2ccccc2)c2cccc(-c3ccc4oc5c(N(c6ccccc6)c6ccccc6)cc(N(c6ccccc6)c6ccccc6)cc5c4c3)c2)cc1. The molecule has 0 amide bonds. The van der Waals surface area contributed by atoms with Crippen molar-refractivity contribution in [2.24, 2.45) is 0 Å². The van der Waals surface area contributed by atoms with Gasteiger partial charge in [-0.25, -0.2) is 0 Å². The molecule has 0 N–H and O–H groups in total. The van der Waals surface area contributed by atoms with E-state index in [0.717, 1.165) is 84.3 Å². The second-order valence-electron chi connectivity index (χ2n) is 14.2. The predicted molar refractivity (Wildman–Crippen MR) is 243 cm³/mol. The van der Waals surface area contributed by atoms with Crippen LogP contribution in [0.5, 0.6) is 0 Å². The van der Waals surface area contributed by atoms with Gasteiger partial charge in [-0.2, -0.15) is 0 Å². The molecule has 1 aromatic heterocycles. The van der Waals surface area contributed by atoms with Crippen LogP contribution in [0.25, 0.3) is 33.1 Å². The van der Waals surface area contributed by atoms with Gasteiger partial charge in [0.05, 0.1) is 5.69 Å². The molecule has 0 aliphatic rings. The van der Waals surface area contributed by atoms with Crippen LogP contribution in [0.2, 0.25) is 0 Å². The number of para-hydroxylation sites is 6. The van der Waals surface area contributed by atoms with Crippen LogP contribution in [0.15, 0.2) is 241 Å². The third-order valence-electron chi connectivity index (χ3n) is 10.6. The van der Waals surface area contributed by atoms with Gasteiger partial charge in [-0.1, -0.05) is 127 Å². The zero-order valence-electron chi connectivity index (χ0n) is 31.8. The quantitative estimate of drug-likeness (QED) is 0.139. The molecule has 0 aliphatic carbocycles. The fourth-order valence-electron chi connectivity index (χ4n) is 7.93. The third-order valence-corrected chi connectivity index (χ3v) is 10.6. The lowest BCUT2D eigenvalue weighted by Crippen LogP contribution is -2.13. The van der Waals surface area contributed by atoms with E-state index in [1.54, 1.807) is 0 Å². The first-order valence-electron chi connectivity index (χ1n) is 19.6. The van der Waals surface area contributed by atoms with Crippen LogP contribution in [0.3, 0.4) is 0 Å². The Kier molecular flexibility index (Phi) is 9.18. The smallest absolute Gasteiger partial charge is 0.159 e. The summed E-state index contributed by atoms with van der Waals surface area (Å²) in [6.07, 6.45) is 0. The highest BCUT2D eigenvalue weighted by molar-refractivity contribution is 6.13. The lowest BCUT2D eigenvalue weighted by molar-refractivity contribution is 0.669. The van der Waals surface area contributed by atoms with E-state index in [0.29, 0.717) is 0 Å². The van der Waals surface area contributed by atoms with Crippen LogP contribution in [0.4, 0.5) is 51.2 Å². The fourth-order valence-corrected chi connectivity index (χ4v) is 7.93. The van der Waals surface area contributed by atoms with Crippen molar-refractivity contribution in [2.75, 3.05) is 14.7 Å². The van der Waals surface area contributed by atoms with Gasteiger partial charge in [-0.15, -0.1) is 0 Å². The van der Waals surface area contributed by atoms with Gasteiger partial charge in [0.1, 0.15) is 5.58 Å². The van der Waals surface area contributed by atoms with Gasteiger partial charge in [-0.05, 0) is 120 Å². The molecule has 0 spiro atoms. The van der Waals surface area contributed by atoms with Crippen molar-refractivity contribution in [2.45, 2.75) is 0 Å². The van der Waals surface area contributed by atoms with Crippen molar-refractivity contribution >= 4 is 73.1 Å². The Hall–Kier alpha value is -7.82. The second-order valence-corrected chi connectivity index (χ2v) is 14.2. The van der Waals surface area contributed by atoms with E-state index < -0.39 is 0 Å². The first kappa shape index (κ1) is 34.7. The van der Waals surface area contributed by atoms with Crippen molar-refractivity contribution in [1.82, 2.24) is 0 Å². The molecule has 0 atom stereocenters. The van der Waals surface area contributed by atoms with E-state index in [4.69, 9.17) is 4.42 Å². The first-order valence-corrected chi connectivity index (χ1v) is 19.6. The van der Waals surface area contributed by atoms with Gasteiger partial charge in [0.15, 0.2) is 5.58 Å². The van der Waals surface area contributed by atoms with Crippen LogP contribution in [0.1, 0.15) is 0 Å². The average molecular weight is 746 g/mol. The molecule has 1 heterocycles. The van der Waals surface area contributed by atoms with Gasteiger partial charge in [0.2, 0.25) is 0 Å². The molecule has 4 heteroatoms. The number of nitrogens with zero attached hydrogens (tertiary/aromatic N) is 3. The highest BCUT2D eigenvalue weighted by atomic mass is 16.3. The predicted octanol–water partition coefficient (Wildman–Crippen LogP) is 15.7. The normalized spacial score (nSPS) is 11.1. The van der Waals surface area contributed by atoms with E-state index in [9.17, 15) is 0 Å². The summed E-state index contributed by atoms with van der Waals surface area (Å²) >= 11 is 0. The molecule has 0 bridgehead atoms. The first-order chi connectivity index (χ1) is 28.8. The minimum Gasteiger partial charge on any atom is -0.454 e. The molecule has 0 unspecified atom stereocenters. The lowest BCUT2D eigenvalue weighted by Gasteiger charge is -2.29. The maximum atomic E-state index is 6.95. The van der Waals surface area contributed by atoms with E-state index in [1.165, 1.54) is 0 Å². The second kappa shape index (κ2) is 15.4. The van der Waals surface area contributed by atoms with Gasteiger partial charge in [0, 0.05) is 56.3 Å². The van der Waals surface area contributed by atoms with Crippen molar-refractivity contribution < 1.29 is 4.42 Å². The maximum Gasteiger partial charge on any atom is 0.159 e. The van der Waals surface area contributed by atoms with Crippen molar-refractivity contribution in [3.05, 3.63) is 237 Å². The number of furan rings is 1. The van der Waals surface area contributed by atoms with Crippen LogP contribution in [0, 0.1) is 0 Å². The molecular weight excluding hydrogens is 707 g/mol. The Morgan fingerprint density at radius 2 is 0.655 bits per heavy atom. The molecule has 10 aromatic rings. The van der Waals surface area contributed by atoms with E-state index in [-0.39, 0.29) is 0 Å². The summed E-state index contributed by atoms with van der Waals surface area (Å²) < 4.78 is 6.95. The molecule has 9 aromatic carbocycles. The zero-order valence-corrected chi connectivity index (χ0v) is 31.8. The number of hydrogen-bond acceptors (Lipinski definition) is 4. The summed E-state index contributed by atoms with van der Waals surface area (Å²) in [6, 6.07) is 83.2. The van der Waals surface area contributed by atoms with Gasteiger partial charge < -0.3 is 19.1 Å². The van der Waals surface area contributed by atoms with Crippen molar-refractivity contribution in [1.29, 1.82) is 0 Å². The van der Waals surface area contributed by atoms with Gasteiger partial charge in [-0.3, -0.25) is 0 Å². The van der Waals surface area contributed by atoms with Crippen molar-refractivity contribution in [3.8, 4) is 11.1 Å². The fraction of sp³-hybridized carbons (Fsp3) is 0. The van der Waals surface area contributed by atoms with Crippen LogP contribution < -0.4 is 14.7 Å². The highest BCUT2D eigenvalue weighted by Crippen LogP contribution is 2.47. The largest absolute Gasteiger partial charge is 0.454 e. The minimum absolute atomic E-state index is 0.817. The van der Waals surface area contributed by atoms with Crippen molar-refractivity contribution in [3.63, 3.8) is 0 Å². The van der Waals surface area contributed by atoms with Crippen LogP contribution >= 0.6 is 0 Å². The molecule has 276 valence electrons. The molecule has 0 radical (unpaired) electrons. The molecule has 58 heavy (non-hydrogen) atoms. The topological polar surface area (TPSA) is 22.9 Å². The van der Waals surface area contributed by atoms with Crippen LogP contribution in [-0.2, 0) is 0 Å². The Morgan fingerprint density at radius 3 is 1.12 bits per heavy atom. The Bertz CT molecular complexity index is 2820. The zero-order chi connectivity index (χ0) is 38.7. The van der Waals surface area contributed by atoms with E-state index >= 15 is 0 Å². The summed E-state index contributed by atoms with van der Waals surface area (Å²) in [5.74, 6) is 0. The minimum atomic E-state index is 0.817. The van der Waals surface area contributed by atoms with E-state index in [1.807, 2.05) is 0 Å². The number of benzene rings is 9. The monoisotopic (exact) mass is 745 g/mol. The molecule has 0 aliphatic heterocycles. The van der Waals surface area contributed by atoms with Gasteiger partial charge >= 0.3 is 0 Å². The number of anilines is 9. The summed E-state index contributed by atoms with van der Waals surface area (Å²) in [5.41, 5.74) is 13.3. The number of rotatable bonds is 10. The molecule has 0 saturated heterocycles. The summed E-state index contributed by atoms with van der Waals surface area (Å²) in [7, 11) is 0. The maximum absolute atomic E-state index is 6.95. The Labute approximate surface area is 338 Å². The average Bonchev–Trinajstić information content (AvgIpc) is 3.67. The standard InChI is InChI=1S/C54H39N3O/c1-7-21-42(22-8-1)55(43-23-9-2-10-24-43)48-33-19-20-40(36-48)41-34-35-53-50(37-41)51-38-49(56(44-25-11-3-12-26-44)45-27-13-4-14-28-45)39-52(54(51)58-53)57(46-29-15-5-16-30-46)47-31-17-6-18-32-47/h1-39H. The lowest BCUT2D eigenvalue weighted by atomic mass is 10.0. The number of hydrogen-bond donors (Lipinski definition) is 0. The van der Waals surface area contributed by atoms with E-state index in [2.05, 4.69) is 251 Å². The summed E-state index contributed by atoms with van der Waals surface area (Å²) in [5, 5.41) is 2.08. The Balaban J connectivity index is 1.20. The molecule has 0 fully saturated rings. The summed E-state index contributed by atoms with van der Waals surface area (Å²) in [4.78, 5) is 6.93. The third kappa shape index (κ3) is 6.63. The molecule has 0 saturated carbocycles. The Morgan fingerprint density at radius 1 is 0.259 bits per heavy atom.